The molecule has 1 aliphatic rings. The van der Waals surface area contributed by atoms with Gasteiger partial charge in [-0.3, -0.25) is 9.59 Å². The number of carbonyl (C=O) groups excluding carboxylic acids is 2. The maximum Gasteiger partial charge on any atom is 0.310 e. The van der Waals surface area contributed by atoms with Gasteiger partial charge in [0.05, 0.1) is 29.3 Å². The van der Waals surface area contributed by atoms with E-state index in [-0.39, 0.29) is 17.8 Å². The molecule has 1 amide bonds. The number of benzene rings is 1. The average Bonchev–Trinajstić information content (AvgIpc) is 3.03. The van der Waals surface area contributed by atoms with Gasteiger partial charge in [-0.05, 0) is 38.8 Å². The number of nitrogens with zero attached hydrogens (tertiary/aromatic N) is 3. The summed E-state index contributed by atoms with van der Waals surface area (Å²) >= 11 is 1.46. The van der Waals surface area contributed by atoms with Crippen LogP contribution in [0.3, 0.4) is 0 Å². The highest BCUT2D eigenvalue weighted by molar-refractivity contribution is 7.99. The summed E-state index contributed by atoms with van der Waals surface area (Å²) in [5, 5.41) is 0.862. The summed E-state index contributed by atoms with van der Waals surface area (Å²) in [6.45, 7) is 6.24. The van der Waals surface area contributed by atoms with E-state index in [0.29, 0.717) is 25.4 Å². The normalized spacial score (nSPS) is 17.5. The zero-order valence-corrected chi connectivity index (χ0v) is 16.1. The van der Waals surface area contributed by atoms with Gasteiger partial charge in [0.2, 0.25) is 5.91 Å². The fraction of sp³-hybridized carbons (Fsp3) is 0.526. The van der Waals surface area contributed by atoms with E-state index >= 15 is 0 Å². The number of thioether (sulfide) groups is 1. The minimum absolute atomic E-state index is 0.0544. The summed E-state index contributed by atoms with van der Waals surface area (Å²) in [6.07, 6.45) is 1.63. The Morgan fingerprint density at radius 2 is 2.12 bits per heavy atom. The smallest absolute Gasteiger partial charge is 0.310 e. The molecule has 0 aliphatic carbocycles. The van der Waals surface area contributed by atoms with Crippen molar-refractivity contribution in [2.24, 2.45) is 5.92 Å². The number of aryl methyl sites for hydroxylation is 1. The molecule has 1 unspecified atom stereocenters. The second-order valence-corrected chi connectivity index (χ2v) is 7.29. The van der Waals surface area contributed by atoms with Gasteiger partial charge in [0.15, 0.2) is 5.16 Å². The molecule has 2 heterocycles. The monoisotopic (exact) mass is 375 g/mol. The first-order valence-corrected chi connectivity index (χ1v) is 10.1. The fourth-order valence-electron chi connectivity index (χ4n) is 3.34. The molecule has 6 nitrogen and oxygen atoms in total. The number of fused-ring (bicyclic) bond motifs is 1. The van der Waals surface area contributed by atoms with E-state index in [4.69, 9.17) is 4.74 Å². The Morgan fingerprint density at radius 3 is 2.88 bits per heavy atom. The zero-order valence-electron chi connectivity index (χ0n) is 15.3. The minimum atomic E-state index is -0.196. The molecule has 1 atom stereocenters. The van der Waals surface area contributed by atoms with Crippen LogP contribution < -0.4 is 0 Å². The third kappa shape index (κ3) is 4.03. The number of rotatable bonds is 6. The van der Waals surface area contributed by atoms with E-state index in [1.165, 1.54) is 11.8 Å². The summed E-state index contributed by atoms with van der Waals surface area (Å²) in [6, 6.07) is 8.01. The Morgan fingerprint density at radius 1 is 1.31 bits per heavy atom. The van der Waals surface area contributed by atoms with Crippen molar-refractivity contribution in [1.82, 2.24) is 14.5 Å². The van der Waals surface area contributed by atoms with Gasteiger partial charge >= 0.3 is 5.97 Å². The predicted octanol–water partition coefficient (Wildman–Crippen LogP) is 2.95. The van der Waals surface area contributed by atoms with Crippen LogP contribution in [0.5, 0.6) is 0 Å². The highest BCUT2D eigenvalue weighted by Gasteiger charge is 2.29. The summed E-state index contributed by atoms with van der Waals surface area (Å²) < 4.78 is 7.24. The molecule has 0 N–H and O–H groups in total. The fourth-order valence-corrected chi connectivity index (χ4v) is 4.32. The van der Waals surface area contributed by atoms with Crippen molar-refractivity contribution in [3.63, 3.8) is 0 Å². The zero-order chi connectivity index (χ0) is 18.5. The number of hydrogen-bond donors (Lipinski definition) is 0. The first-order chi connectivity index (χ1) is 12.6. The van der Waals surface area contributed by atoms with Crippen molar-refractivity contribution in [2.75, 3.05) is 25.4 Å². The highest BCUT2D eigenvalue weighted by atomic mass is 32.2. The molecule has 3 rings (SSSR count). The number of para-hydroxylation sites is 2. The third-order valence-corrected chi connectivity index (χ3v) is 5.62. The number of amides is 1. The lowest BCUT2D eigenvalue weighted by Crippen LogP contribution is -2.43. The number of ether oxygens (including phenoxy) is 1. The van der Waals surface area contributed by atoms with Gasteiger partial charge in [-0.25, -0.2) is 4.98 Å². The van der Waals surface area contributed by atoms with Crippen molar-refractivity contribution in [3.8, 4) is 0 Å². The van der Waals surface area contributed by atoms with Crippen LogP contribution in [0.15, 0.2) is 29.4 Å². The van der Waals surface area contributed by atoms with Gasteiger partial charge in [0.1, 0.15) is 0 Å². The first kappa shape index (κ1) is 18.8. The lowest BCUT2D eigenvalue weighted by Gasteiger charge is -2.31. The Labute approximate surface area is 157 Å². The lowest BCUT2D eigenvalue weighted by molar-refractivity contribution is -0.151. The van der Waals surface area contributed by atoms with Gasteiger partial charge < -0.3 is 14.2 Å². The summed E-state index contributed by atoms with van der Waals surface area (Å²) in [7, 11) is 0. The van der Waals surface area contributed by atoms with Crippen LogP contribution in [-0.2, 0) is 20.9 Å². The molecule has 1 aromatic carbocycles. The van der Waals surface area contributed by atoms with Crippen molar-refractivity contribution >= 4 is 34.7 Å². The molecule has 1 saturated heterocycles. The second kappa shape index (κ2) is 8.58. The van der Waals surface area contributed by atoms with Gasteiger partial charge in [0.25, 0.3) is 0 Å². The Bertz CT molecular complexity index is 789. The van der Waals surface area contributed by atoms with E-state index in [1.807, 2.05) is 24.3 Å². The van der Waals surface area contributed by atoms with E-state index in [0.717, 1.165) is 35.6 Å². The topological polar surface area (TPSA) is 64.4 Å². The molecule has 0 spiro atoms. The predicted molar refractivity (Wildman–Crippen MR) is 102 cm³/mol. The third-order valence-electron chi connectivity index (χ3n) is 4.65. The molecular formula is C19H25N3O3S. The SMILES string of the molecule is CCOC(=O)C1CCCN(C(=O)CSc2nc3ccccc3n2CC)C1. The number of imidazole rings is 1. The van der Waals surface area contributed by atoms with Crippen LogP contribution in [0.4, 0.5) is 0 Å². The largest absolute Gasteiger partial charge is 0.466 e. The van der Waals surface area contributed by atoms with E-state index < -0.39 is 0 Å². The molecule has 2 aromatic rings. The lowest BCUT2D eigenvalue weighted by atomic mass is 9.98. The number of piperidine rings is 1. The highest BCUT2D eigenvalue weighted by Crippen LogP contribution is 2.25. The van der Waals surface area contributed by atoms with Crippen LogP contribution in [0.25, 0.3) is 11.0 Å². The maximum atomic E-state index is 12.6. The Kier molecular flexibility index (Phi) is 6.19. The quantitative estimate of drug-likeness (QED) is 0.574. The molecule has 0 radical (unpaired) electrons. The molecule has 1 aromatic heterocycles. The van der Waals surface area contributed by atoms with Gasteiger partial charge in [-0.2, -0.15) is 0 Å². The molecule has 26 heavy (non-hydrogen) atoms. The number of hydrogen-bond acceptors (Lipinski definition) is 5. The Hall–Kier alpha value is -2.02. The number of likely N-dealkylation sites (tertiary alicyclic amines) is 1. The summed E-state index contributed by atoms with van der Waals surface area (Å²) in [5.74, 6) is 0.000730. The van der Waals surface area contributed by atoms with Gasteiger partial charge in [-0.15, -0.1) is 0 Å². The summed E-state index contributed by atoms with van der Waals surface area (Å²) in [4.78, 5) is 31.0. The first-order valence-electron chi connectivity index (χ1n) is 9.16. The number of carbonyl (C=O) groups is 2. The molecule has 140 valence electrons. The maximum absolute atomic E-state index is 12.6. The molecule has 0 saturated carbocycles. The van der Waals surface area contributed by atoms with Gasteiger partial charge in [-0.1, -0.05) is 23.9 Å². The van der Waals surface area contributed by atoms with Crippen LogP contribution >= 0.6 is 11.8 Å². The van der Waals surface area contributed by atoms with E-state index in [9.17, 15) is 9.59 Å². The molecule has 1 aliphatic heterocycles. The van der Waals surface area contributed by atoms with Crippen LogP contribution in [-0.4, -0.2) is 51.8 Å². The van der Waals surface area contributed by atoms with Crippen LogP contribution in [0.2, 0.25) is 0 Å². The van der Waals surface area contributed by atoms with Gasteiger partial charge in [0, 0.05) is 19.6 Å². The van der Waals surface area contributed by atoms with E-state index in [1.54, 1.807) is 11.8 Å². The van der Waals surface area contributed by atoms with Crippen molar-refractivity contribution in [1.29, 1.82) is 0 Å². The summed E-state index contributed by atoms with van der Waals surface area (Å²) in [5.41, 5.74) is 2.04. The average molecular weight is 375 g/mol. The van der Waals surface area contributed by atoms with Crippen molar-refractivity contribution in [3.05, 3.63) is 24.3 Å². The minimum Gasteiger partial charge on any atom is -0.466 e. The Balaban J connectivity index is 1.63. The number of aromatic nitrogens is 2. The number of esters is 1. The molecule has 7 heteroatoms. The standard InChI is InChI=1S/C19H25N3O3S/c1-3-22-16-10-6-5-9-15(16)20-19(22)26-13-17(23)21-11-7-8-14(12-21)18(24)25-4-2/h5-6,9-10,14H,3-4,7-8,11-13H2,1-2H3. The van der Waals surface area contributed by atoms with Crippen molar-refractivity contribution in [2.45, 2.75) is 38.4 Å². The molecule has 1 fully saturated rings. The second-order valence-electron chi connectivity index (χ2n) is 6.35. The van der Waals surface area contributed by atoms with Crippen LogP contribution in [0, 0.1) is 5.92 Å². The van der Waals surface area contributed by atoms with E-state index in [2.05, 4.69) is 16.5 Å². The molecular weight excluding hydrogens is 350 g/mol. The molecule has 0 bridgehead atoms. The van der Waals surface area contributed by atoms with Crippen LogP contribution in [0.1, 0.15) is 26.7 Å². The van der Waals surface area contributed by atoms with Crippen molar-refractivity contribution < 1.29 is 14.3 Å².